The maximum Gasteiger partial charge on any atom is 0.270 e. The second-order valence-corrected chi connectivity index (χ2v) is 9.13. The lowest BCUT2D eigenvalue weighted by Crippen LogP contribution is -2.54. The van der Waals surface area contributed by atoms with Crippen molar-refractivity contribution in [3.8, 4) is 0 Å². The summed E-state index contributed by atoms with van der Waals surface area (Å²) in [7, 11) is 1.99. The quantitative estimate of drug-likeness (QED) is 0.384. The molecule has 5 nitrogen and oxygen atoms in total. The van der Waals surface area contributed by atoms with Gasteiger partial charge in [0.25, 0.3) is 11.8 Å². The standard InChI is InChI=1S/C24H21ClFN3O2S/c1-13-12-24(2,3)28(4)20-11-17(25)14(9-15(13)20)10-16-21(30)27-23(32)29(22(16)31)19-8-6-5-7-18(19)26/h5-12H,1-4H3,(H,27,30,32)/b16-10+. The molecule has 2 amide bonds. The van der Waals surface area contributed by atoms with Crippen molar-refractivity contribution in [1.29, 1.82) is 0 Å². The number of halogens is 2. The SMILES string of the molecule is CC1=CC(C)(C)N(C)c2cc(Cl)c(/C=C3\C(=O)NC(=S)N(c4ccccc4F)C3=O)cc21. The van der Waals surface area contributed by atoms with Crippen molar-refractivity contribution in [2.24, 2.45) is 0 Å². The van der Waals surface area contributed by atoms with E-state index in [4.69, 9.17) is 23.8 Å². The van der Waals surface area contributed by atoms with Gasteiger partial charge in [0, 0.05) is 23.3 Å². The lowest BCUT2D eigenvalue weighted by molar-refractivity contribution is -0.122. The zero-order chi connectivity index (χ0) is 23.4. The molecule has 0 aliphatic carbocycles. The summed E-state index contributed by atoms with van der Waals surface area (Å²) in [5, 5.41) is 2.67. The highest BCUT2D eigenvalue weighted by Gasteiger charge is 2.36. The molecule has 2 aromatic carbocycles. The van der Waals surface area contributed by atoms with Crippen LogP contribution in [0.15, 0.2) is 48.0 Å². The predicted molar refractivity (Wildman–Crippen MR) is 130 cm³/mol. The minimum absolute atomic E-state index is 0.0347. The number of para-hydroxylation sites is 1. The molecule has 0 radical (unpaired) electrons. The van der Waals surface area contributed by atoms with Crippen LogP contribution in [0.25, 0.3) is 11.6 Å². The maximum absolute atomic E-state index is 14.3. The molecule has 1 N–H and O–H groups in total. The Morgan fingerprint density at radius 1 is 1.16 bits per heavy atom. The lowest BCUT2D eigenvalue weighted by Gasteiger charge is -2.40. The Kier molecular flexibility index (Phi) is 5.43. The van der Waals surface area contributed by atoms with Gasteiger partial charge in [0.05, 0.1) is 11.2 Å². The van der Waals surface area contributed by atoms with Crippen molar-refractivity contribution in [3.63, 3.8) is 0 Å². The predicted octanol–water partition coefficient (Wildman–Crippen LogP) is 4.94. The van der Waals surface area contributed by atoms with Crippen LogP contribution in [0.3, 0.4) is 0 Å². The first-order chi connectivity index (χ1) is 15.0. The number of amides is 2. The zero-order valence-corrected chi connectivity index (χ0v) is 19.6. The van der Waals surface area contributed by atoms with Gasteiger partial charge in [-0.25, -0.2) is 9.29 Å². The molecular formula is C24H21ClFN3O2S. The summed E-state index contributed by atoms with van der Waals surface area (Å²) in [6.45, 7) is 6.22. The van der Waals surface area contributed by atoms with Gasteiger partial charge in [0.15, 0.2) is 5.11 Å². The lowest BCUT2D eigenvalue weighted by atomic mass is 9.88. The smallest absolute Gasteiger partial charge is 0.270 e. The average molecular weight is 470 g/mol. The molecular weight excluding hydrogens is 449 g/mol. The molecule has 4 rings (SSSR count). The molecule has 2 aliphatic heterocycles. The Balaban J connectivity index is 1.81. The molecule has 0 bridgehead atoms. The van der Waals surface area contributed by atoms with Crippen molar-refractivity contribution < 1.29 is 14.0 Å². The Labute approximate surface area is 196 Å². The van der Waals surface area contributed by atoms with Crippen LogP contribution in [0, 0.1) is 5.82 Å². The number of rotatable bonds is 2. The molecule has 1 saturated heterocycles. The van der Waals surface area contributed by atoms with Gasteiger partial charge >= 0.3 is 0 Å². The highest BCUT2D eigenvalue weighted by atomic mass is 35.5. The van der Waals surface area contributed by atoms with Crippen LogP contribution < -0.4 is 15.1 Å². The number of thiocarbonyl (C=S) groups is 1. The van der Waals surface area contributed by atoms with E-state index in [0.717, 1.165) is 21.7 Å². The molecule has 164 valence electrons. The van der Waals surface area contributed by atoms with Crippen LogP contribution in [-0.4, -0.2) is 29.5 Å². The van der Waals surface area contributed by atoms with E-state index in [1.807, 2.05) is 26.1 Å². The first kappa shape index (κ1) is 22.2. The van der Waals surface area contributed by atoms with E-state index < -0.39 is 17.6 Å². The van der Waals surface area contributed by atoms with Gasteiger partial charge in [0.2, 0.25) is 0 Å². The number of nitrogens with zero attached hydrogens (tertiary/aromatic N) is 2. The van der Waals surface area contributed by atoms with Gasteiger partial charge in [-0.1, -0.05) is 29.8 Å². The molecule has 0 aromatic heterocycles. The van der Waals surface area contributed by atoms with Gasteiger partial charge in [0.1, 0.15) is 11.4 Å². The first-order valence-electron chi connectivity index (χ1n) is 9.94. The zero-order valence-electron chi connectivity index (χ0n) is 18.0. The van der Waals surface area contributed by atoms with Gasteiger partial charge in [-0.3, -0.25) is 14.9 Å². The number of anilines is 2. The van der Waals surface area contributed by atoms with E-state index >= 15 is 0 Å². The van der Waals surface area contributed by atoms with Gasteiger partial charge in [-0.05, 0) is 74.5 Å². The monoisotopic (exact) mass is 469 g/mol. The third-order valence-corrected chi connectivity index (χ3v) is 6.44. The number of likely N-dealkylation sites (N-methyl/N-ethyl adjacent to an activating group) is 1. The van der Waals surface area contributed by atoms with Gasteiger partial charge in [-0.15, -0.1) is 0 Å². The maximum atomic E-state index is 14.3. The molecule has 0 unspecified atom stereocenters. The van der Waals surface area contributed by atoms with E-state index in [0.29, 0.717) is 10.6 Å². The number of nitrogens with one attached hydrogen (secondary N) is 1. The van der Waals surface area contributed by atoms with Crippen LogP contribution in [0.4, 0.5) is 15.8 Å². The van der Waals surface area contributed by atoms with E-state index in [1.165, 1.54) is 24.3 Å². The minimum atomic E-state index is -0.719. The first-order valence-corrected chi connectivity index (χ1v) is 10.7. The molecule has 0 atom stereocenters. The second-order valence-electron chi connectivity index (χ2n) is 8.34. The van der Waals surface area contributed by atoms with Gasteiger partial charge < -0.3 is 4.90 Å². The van der Waals surface area contributed by atoms with Crippen molar-refractivity contribution in [3.05, 3.63) is 70.0 Å². The molecule has 0 spiro atoms. The van der Waals surface area contributed by atoms with E-state index in [-0.39, 0.29) is 21.9 Å². The minimum Gasteiger partial charge on any atom is -0.365 e. The van der Waals surface area contributed by atoms with Crippen LogP contribution in [-0.2, 0) is 9.59 Å². The number of carbonyl (C=O) groups excluding carboxylic acids is 2. The Hall–Kier alpha value is -3.03. The molecule has 0 saturated carbocycles. The third-order valence-electron chi connectivity index (χ3n) is 5.83. The summed E-state index contributed by atoms with van der Waals surface area (Å²) in [5.74, 6) is -2.01. The number of hydrogen-bond acceptors (Lipinski definition) is 4. The topological polar surface area (TPSA) is 52.7 Å². The summed E-state index contributed by atoms with van der Waals surface area (Å²) in [6.07, 6.45) is 3.57. The summed E-state index contributed by atoms with van der Waals surface area (Å²) >= 11 is 11.7. The number of carbonyl (C=O) groups is 2. The summed E-state index contributed by atoms with van der Waals surface area (Å²) < 4.78 is 14.3. The van der Waals surface area contributed by atoms with Crippen LogP contribution >= 0.6 is 23.8 Å². The Morgan fingerprint density at radius 2 is 1.84 bits per heavy atom. The van der Waals surface area contributed by atoms with Crippen molar-refractivity contribution >= 4 is 63.8 Å². The van der Waals surface area contributed by atoms with Crippen LogP contribution in [0.1, 0.15) is 31.9 Å². The van der Waals surface area contributed by atoms with Crippen LogP contribution in [0.2, 0.25) is 5.02 Å². The summed E-state index contributed by atoms with van der Waals surface area (Å²) in [5.41, 5.74) is 3.07. The second kappa shape index (κ2) is 7.83. The average Bonchev–Trinajstić information content (AvgIpc) is 2.71. The Bertz CT molecular complexity index is 1250. The highest BCUT2D eigenvalue weighted by Crippen LogP contribution is 2.41. The van der Waals surface area contributed by atoms with Crippen molar-refractivity contribution in [2.45, 2.75) is 26.3 Å². The fourth-order valence-corrected chi connectivity index (χ4v) is 4.45. The normalized spacial score (nSPS) is 19.1. The highest BCUT2D eigenvalue weighted by molar-refractivity contribution is 7.80. The van der Waals surface area contributed by atoms with Crippen molar-refractivity contribution in [2.75, 3.05) is 16.8 Å². The van der Waals surface area contributed by atoms with Crippen LogP contribution in [0.5, 0.6) is 0 Å². The number of allylic oxidation sites excluding steroid dienone is 1. The third kappa shape index (κ3) is 3.61. The van der Waals surface area contributed by atoms with Gasteiger partial charge in [-0.2, -0.15) is 0 Å². The van der Waals surface area contributed by atoms with Crippen molar-refractivity contribution in [1.82, 2.24) is 5.32 Å². The molecule has 1 fully saturated rings. The number of fused-ring (bicyclic) bond motifs is 1. The van der Waals surface area contributed by atoms with E-state index in [9.17, 15) is 14.0 Å². The molecule has 8 heteroatoms. The molecule has 2 aromatic rings. The van der Waals surface area contributed by atoms with E-state index in [2.05, 4.69) is 30.1 Å². The van der Waals surface area contributed by atoms with E-state index in [1.54, 1.807) is 6.07 Å². The molecule has 32 heavy (non-hydrogen) atoms. The largest absolute Gasteiger partial charge is 0.365 e. The summed E-state index contributed by atoms with van der Waals surface area (Å²) in [6, 6.07) is 9.41. The Morgan fingerprint density at radius 3 is 2.53 bits per heavy atom. The molecule has 2 aliphatic rings. The fourth-order valence-electron chi connectivity index (χ4n) is 3.96. The fraction of sp³-hybridized carbons (Fsp3) is 0.208. The number of hydrogen-bond donors (Lipinski definition) is 1. The molecule has 2 heterocycles. The summed E-state index contributed by atoms with van der Waals surface area (Å²) in [4.78, 5) is 28.9. The number of benzene rings is 2.